The normalized spacial score (nSPS) is 14.6. The summed E-state index contributed by atoms with van der Waals surface area (Å²) < 4.78 is 11.0. The fourth-order valence-corrected chi connectivity index (χ4v) is 3.51. The van der Waals surface area contributed by atoms with Gasteiger partial charge < -0.3 is 29.8 Å². The monoisotopic (exact) mass is 451 g/mol. The Labute approximate surface area is 195 Å². The summed E-state index contributed by atoms with van der Waals surface area (Å²) in [6.07, 6.45) is 5.40. The second kappa shape index (κ2) is 12.0. The molecule has 2 aromatic carbocycles. The number of methoxy groups -OCH3 is 1. The van der Waals surface area contributed by atoms with E-state index in [1.165, 1.54) is 11.1 Å². The molecule has 0 bridgehead atoms. The van der Waals surface area contributed by atoms with Crippen molar-refractivity contribution in [3.8, 4) is 22.6 Å². The minimum absolute atomic E-state index is 0.0467. The average Bonchev–Trinajstić information content (AvgIpc) is 3.38. The van der Waals surface area contributed by atoms with E-state index in [2.05, 4.69) is 31.8 Å². The molecule has 2 heterocycles. The number of aromatic nitrogens is 2. The zero-order chi connectivity index (χ0) is 23.6. The second-order valence-corrected chi connectivity index (χ2v) is 8.06. The van der Waals surface area contributed by atoms with Crippen LogP contribution < -0.4 is 20.1 Å². The molecule has 33 heavy (non-hydrogen) atoms. The molecule has 0 radical (unpaired) electrons. The lowest BCUT2D eigenvalue weighted by Crippen LogP contribution is -2.36. The van der Waals surface area contributed by atoms with Gasteiger partial charge in [0.15, 0.2) is 0 Å². The predicted molar refractivity (Wildman–Crippen MR) is 131 cm³/mol. The predicted octanol–water partition coefficient (Wildman–Crippen LogP) is 2.97. The maximum atomic E-state index is 10.6. The standard InChI is InChI=1S/C14H20N4O.C11H13NO2/c1-15-13-5-4-11(12-9-16-17-10-12)8-14(13)19-7-6-18(2)3;1-14-11-3-2-8-6-12-10(7-13)4-9(8)5-11/h4-5,8-10,15H,6-7H2,1-3H3,(H,16,17);2-3,5,7,10,12H,4,6H2,1H3. The molecule has 0 aliphatic carbocycles. The highest BCUT2D eigenvalue weighted by molar-refractivity contribution is 5.70. The molecule has 1 aliphatic heterocycles. The Balaban J connectivity index is 0.000000194. The van der Waals surface area contributed by atoms with Gasteiger partial charge in [-0.15, -0.1) is 0 Å². The Morgan fingerprint density at radius 3 is 2.70 bits per heavy atom. The van der Waals surface area contributed by atoms with Gasteiger partial charge in [-0.2, -0.15) is 5.10 Å². The summed E-state index contributed by atoms with van der Waals surface area (Å²) in [7, 11) is 7.61. The molecule has 1 atom stereocenters. The van der Waals surface area contributed by atoms with Crippen molar-refractivity contribution < 1.29 is 14.3 Å². The number of ether oxygens (including phenoxy) is 2. The summed E-state index contributed by atoms with van der Waals surface area (Å²) in [4.78, 5) is 12.7. The number of H-pyrrole nitrogens is 1. The minimum atomic E-state index is -0.0467. The van der Waals surface area contributed by atoms with Gasteiger partial charge in [0.25, 0.3) is 0 Å². The van der Waals surface area contributed by atoms with Crippen LogP contribution in [0.1, 0.15) is 11.1 Å². The number of aromatic amines is 1. The van der Waals surface area contributed by atoms with E-state index in [4.69, 9.17) is 9.47 Å². The van der Waals surface area contributed by atoms with Crippen LogP contribution in [-0.4, -0.2) is 68.8 Å². The van der Waals surface area contributed by atoms with Gasteiger partial charge in [0.05, 0.1) is 25.0 Å². The molecular weight excluding hydrogens is 418 g/mol. The van der Waals surface area contributed by atoms with Crippen molar-refractivity contribution in [3.63, 3.8) is 0 Å². The lowest BCUT2D eigenvalue weighted by molar-refractivity contribution is -0.109. The zero-order valence-corrected chi connectivity index (χ0v) is 19.7. The minimum Gasteiger partial charge on any atom is -0.497 e. The van der Waals surface area contributed by atoms with Crippen molar-refractivity contribution in [2.24, 2.45) is 0 Å². The van der Waals surface area contributed by atoms with E-state index in [1.807, 2.05) is 57.7 Å². The summed E-state index contributed by atoms with van der Waals surface area (Å²) in [5.41, 5.74) is 5.60. The SMILES string of the molecule is CNc1ccc(-c2cn[nH]c2)cc1OCCN(C)C.COc1ccc2c(c1)CC(C=O)NC2. The van der Waals surface area contributed by atoms with Crippen molar-refractivity contribution in [1.82, 2.24) is 20.4 Å². The number of nitrogens with zero attached hydrogens (tertiary/aromatic N) is 2. The zero-order valence-electron chi connectivity index (χ0n) is 19.7. The summed E-state index contributed by atoms with van der Waals surface area (Å²) in [5.74, 6) is 1.72. The molecule has 0 fully saturated rings. The first-order valence-corrected chi connectivity index (χ1v) is 11.0. The lowest BCUT2D eigenvalue weighted by Gasteiger charge is -2.22. The van der Waals surface area contributed by atoms with Crippen LogP contribution in [-0.2, 0) is 17.8 Å². The van der Waals surface area contributed by atoms with Crippen LogP contribution >= 0.6 is 0 Å². The summed E-state index contributed by atoms with van der Waals surface area (Å²) in [6, 6.07) is 12.1. The number of nitrogens with one attached hydrogen (secondary N) is 3. The van der Waals surface area contributed by atoms with E-state index >= 15 is 0 Å². The molecule has 0 spiro atoms. The van der Waals surface area contributed by atoms with Gasteiger partial charge >= 0.3 is 0 Å². The fourth-order valence-electron chi connectivity index (χ4n) is 3.51. The third-order valence-electron chi connectivity index (χ3n) is 5.45. The number of rotatable bonds is 8. The topological polar surface area (TPSA) is 91.5 Å². The second-order valence-electron chi connectivity index (χ2n) is 8.06. The third kappa shape index (κ3) is 6.81. The highest BCUT2D eigenvalue weighted by Gasteiger charge is 2.17. The van der Waals surface area contributed by atoms with E-state index in [9.17, 15) is 4.79 Å². The molecule has 176 valence electrons. The van der Waals surface area contributed by atoms with Crippen LogP contribution in [0.25, 0.3) is 11.1 Å². The number of fused-ring (bicyclic) bond motifs is 1. The molecule has 3 N–H and O–H groups in total. The number of likely N-dealkylation sites (N-methyl/N-ethyl adjacent to an activating group) is 1. The maximum Gasteiger partial charge on any atom is 0.143 e. The van der Waals surface area contributed by atoms with Crippen LogP contribution in [0, 0.1) is 0 Å². The van der Waals surface area contributed by atoms with Crippen molar-refractivity contribution in [2.45, 2.75) is 19.0 Å². The summed E-state index contributed by atoms with van der Waals surface area (Å²) in [5, 5.41) is 13.1. The first-order valence-electron chi connectivity index (χ1n) is 11.0. The number of aldehydes is 1. The maximum absolute atomic E-state index is 10.6. The van der Waals surface area contributed by atoms with Crippen LogP contribution in [0.15, 0.2) is 48.8 Å². The van der Waals surface area contributed by atoms with Crippen molar-refractivity contribution >= 4 is 12.0 Å². The van der Waals surface area contributed by atoms with Gasteiger partial charge in [-0.1, -0.05) is 12.1 Å². The molecule has 0 saturated heterocycles. The molecule has 0 saturated carbocycles. The largest absolute Gasteiger partial charge is 0.497 e. The molecule has 8 nitrogen and oxygen atoms in total. The van der Waals surface area contributed by atoms with E-state index in [-0.39, 0.29) is 6.04 Å². The Morgan fingerprint density at radius 2 is 2.03 bits per heavy atom. The molecule has 8 heteroatoms. The molecule has 4 rings (SSSR count). The number of anilines is 1. The van der Waals surface area contributed by atoms with Crippen LogP contribution in [0.2, 0.25) is 0 Å². The van der Waals surface area contributed by atoms with Crippen LogP contribution in [0.5, 0.6) is 11.5 Å². The van der Waals surface area contributed by atoms with Gasteiger partial charge in [0, 0.05) is 31.9 Å². The van der Waals surface area contributed by atoms with Crippen LogP contribution in [0.3, 0.4) is 0 Å². The number of benzene rings is 2. The van der Waals surface area contributed by atoms with Crippen molar-refractivity contribution in [3.05, 3.63) is 59.9 Å². The summed E-state index contributed by atoms with van der Waals surface area (Å²) >= 11 is 0. The molecule has 1 aromatic heterocycles. The number of carbonyl (C=O) groups is 1. The quantitative estimate of drug-likeness (QED) is 0.454. The highest BCUT2D eigenvalue weighted by atomic mass is 16.5. The van der Waals surface area contributed by atoms with E-state index in [1.54, 1.807) is 13.3 Å². The fraction of sp³-hybridized carbons (Fsp3) is 0.360. The van der Waals surface area contributed by atoms with Crippen molar-refractivity contribution in [1.29, 1.82) is 0 Å². The molecular formula is C25H33N5O3. The Bertz CT molecular complexity index is 1020. The lowest BCUT2D eigenvalue weighted by atomic mass is 9.96. The Hall–Kier alpha value is -3.36. The van der Waals surface area contributed by atoms with Crippen LogP contribution in [0.4, 0.5) is 5.69 Å². The Morgan fingerprint density at radius 1 is 1.18 bits per heavy atom. The van der Waals surface area contributed by atoms with Crippen molar-refractivity contribution in [2.75, 3.05) is 46.7 Å². The molecule has 0 amide bonds. The molecule has 1 unspecified atom stereocenters. The number of hydrogen-bond donors (Lipinski definition) is 3. The first-order chi connectivity index (χ1) is 16.0. The first kappa shape index (κ1) is 24.3. The van der Waals surface area contributed by atoms with Gasteiger partial charge in [-0.05, 0) is 61.5 Å². The smallest absolute Gasteiger partial charge is 0.143 e. The molecule has 3 aromatic rings. The number of carbonyl (C=O) groups excluding carboxylic acids is 1. The molecule has 1 aliphatic rings. The van der Waals surface area contributed by atoms with Gasteiger partial charge in [0.2, 0.25) is 0 Å². The average molecular weight is 452 g/mol. The van der Waals surface area contributed by atoms with Gasteiger partial charge in [-0.25, -0.2) is 0 Å². The Kier molecular flexibility index (Phi) is 8.86. The highest BCUT2D eigenvalue weighted by Crippen LogP contribution is 2.30. The van der Waals surface area contributed by atoms with E-state index in [0.29, 0.717) is 6.61 Å². The number of hydrogen-bond acceptors (Lipinski definition) is 7. The summed E-state index contributed by atoms with van der Waals surface area (Å²) in [6.45, 7) is 2.32. The van der Waals surface area contributed by atoms with E-state index < -0.39 is 0 Å². The van der Waals surface area contributed by atoms with Gasteiger partial charge in [0.1, 0.15) is 24.4 Å². The third-order valence-corrected chi connectivity index (χ3v) is 5.45. The van der Waals surface area contributed by atoms with E-state index in [0.717, 1.165) is 54.1 Å². The van der Waals surface area contributed by atoms with Gasteiger partial charge in [-0.3, -0.25) is 5.10 Å².